The van der Waals surface area contributed by atoms with Crippen molar-refractivity contribution in [2.45, 2.75) is 6.54 Å². The summed E-state index contributed by atoms with van der Waals surface area (Å²) in [7, 11) is 0. The number of ether oxygens (including phenoxy) is 1. The molecule has 0 aliphatic rings. The van der Waals surface area contributed by atoms with Crippen LogP contribution in [-0.2, 0) is 6.54 Å². The van der Waals surface area contributed by atoms with Crippen LogP contribution < -0.4 is 10.5 Å². The van der Waals surface area contributed by atoms with Crippen LogP contribution >= 0.6 is 23.2 Å². The molecule has 0 saturated carbocycles. The summed E-state index contributed by atoms with van der Waals surface area (Å²) in [6.45, 7) is 0.417. The first-order valence-electron chi connectivity index (χ1n) is 5.11. The summed E-state index contributed by atoms with van der Waals surface area (Å²) in [5.41, 5.74) is 6.43. The summed E-state index contributed by atoms with van der Waals surface area (Å²) in [5.74, 6) is 1.39. The summed E-state index contributed by atoms with van der Waals surface area (Å²) in [6, 6.07) is 12.6. The van der Waals surface area contributed by atoms with Gasteiger partial charge < -0.3 is 10.5 Å². The average molecular weight is 268 g/mol. The Morgan fingerprint density at radius 3 is 2.18 bits per heavy atom. The van der Waals surface area contributed by atoms with Gasteiger partial charge in [0.05, 0.1) is 0 Å². The molecule has 88 valence electrons. The molecule has 2 rings (SSSR count). The zero-order chi connectivity index (χ0) is 12.3. The van der Waals surface area contributed by atoms with E-state index in [1.807, 2.05) is 12.1 Å². The van der Waals surface area contributed by atoms with E-state index in [0.717, 1.165) is 5.56 Å². The summed E-state index contributed by atoms with van der Waals surface area (Å²) < 4.78 is 5.63. The maximum absolute atomic E-state index is 6.04. The molecule has 2 N–H and O–H groups in total. The Morgan fingerprint density at radius 1 is 0.941 bits per heavy atom. The van der Waals surface area contributed by atoms with E-state index in [1.54, 1.807) is 30.3 Å². The zero-order valence-corrected chi connectivity index (χ0v) is 10.5. The van der Waals surface area contributed by atoms with Crippen molar-refractivity contribution in [1.82, 2.24) is 0 Å². The molecule has 0 bridgehead atoms. The number of benzene rings is 2. The lowest BCUT2D eigenvalue weighted by Gasteiger charge is -2.07. The monoisotopic (exact) mass is 267 g/mol. The lowest BCUT2D eigenvalue weighted by Crippen LogP contribution is -1.97. The lowest BCUT2D eigenvalue weighted by molar-refractivity contribution is 0.482. The maximum atomic E-state index is 6.04. The third-order valence-electron chi connectivity index (χ3n) is 2.29. The Balaban J connectivity index is 2.19. The van der Waals surface area contributed by atoms with Gasteiger partial charge in [0.2, 0.25) is 0 Å². The lowest BCUT2D eigenvalue weighted by atomic mass is 10.2. The summed E-state index contributed by atoms with van der Waals surface area (Å²) in [5, 5.41) is 1.29. The molecule has 17 heavy (non-hydrogen) atoms. The van der Waals surface area contributed by atoms with E-state index >= 15 is 0 Å². The molecule has 0 aliphatic heterocycles. The van der Waals surface area contributed by atoms with Gasteiger partial charge in [-0.3, -0.25) is 0 Å². The normalized spacial score (nSPS) is 10.3. The molecule has 0 atom stereocenters. The van der Waals surface area contributed by atoms with Crippen LogP contribution in [0.2, 0.25) is 10.0 Å². The van der Waals surface area contributed by atoms with Gasteiger partial charge in [0.25, 0.3) is 0 Å². The van der Waals surface area contributed by atoms with Crippen molar-refractivity contribution < 1.29 is 4.74 Å². The fraction of sp³-hybridized carbons (Fsp3) is 0.0769. The van der Waals surface area contributed by atoms with Crippen molar-refractivity contribution in [1.29, 1.82) is 0 Å². The third kappa shape index (κ3) is 3.13. The minimum absolute atomic E-state index is 0.417. The fourth-order valence-electron chi connectivity index (χ4n) is 1.40. The van der Waals surface area contributed by atoms with Crippen molar-refractivity contribution in [3.8, 4) is 11.5 Å². The SMILES string of the molecule is NCc1ccc(Oc2ccc(Cl)cc2)cc1Cl. The molecule has 2 nitrogen and oxygen atoms in total. The van der Waals surface area contributed by atoms with Gasteiger partial charge in [-0.15, -0.1) is 0 Å². The van der Waals surface area contributed by atoms with Crippen LogP contribution in [0.15, 0.2) is 42.5 Å². The molecule has 0 saturated heterocycles. The number of hydrogen-bond acceptors (Lipinski definition) is 2. The highest BCUT2D eigenvalue weighted by Crippen LogP contribution is 2.27. The smallest absolute Gasteiger partial charge is 0.128 e. The number of halogens is 2. The van der Waals surface area contributed by atoms with Gasteiger partial charge in [-0.05, 0) is 42.0 Å². The van der Waals surface area contributed by atoms with Crippen molar-refractivity contribution in [3.63, 3.8) is 0 Å². The Labute approximate surface area is 110 Å². The largest absolute Gasteiger partial charge is 0.457 e. The minimum atomic E-state index is 0.417. The maximum Gasteiger partial charge on any atom is 0.128 e. The summed E-state index contributed by atoms with van der Waals surface area (Å²) in [6.07, 6.45) is 0. The van der Waals surface area contributed by atoms with E-state index in [1.165, 1.54) is 0 Å². The predicted octanol–water partition coefficient (Wildman–Crippen LogP) is 4.24. The molecule has 0 amide bonds. The summed E-state index contributed by atoms with van der Waals surface area (Å²) >= 11 is 11.8. The molecule has 0 aromatic heterocycles. The minimum Gasteiger partial charge on any atom is -0.457 e. The molecule has 2 aromatic rings. The van der Waals surface area contributed by atoms with Gasteiger partial charge in [-0.1, -0.05) is 29.3 Å². The van der Waals surface area contributed by atoms with Crippen LogP contribution in [0, 0.1) is 0 Å². The second-order valence-electron chi connectivity index (χ2n) is 3.51. The van der Waals surface area contributed by atoms with Gasteiger partial charge in [-0.2, -0.15) is 0 Å². The van der Waals surface area contributed by atoms with Crippen LogP contribution in [0.4, 0.5) is 0 Å². The van der Waals surface area contributed by atoms with E-state index in [-0.39, 0.29) is 0 Å². The van der Waals surface area contributed by atoms with Gasteiger partial charge >= 0.3 is 0 Å². The highest BCUT2D eigenvalue weighted by atomic mass is 35.5. The van der Waals surface area contributed by atoms with Crippen LogP contribution in [0.1, 0.15) is 5.56 Å². The van der Waals surface area contributed by atoms with Crippen LogP contribution in [0.5, 0.6) is 11.5 Å². The van der Waals surface area contributed by atoms with Gasteiger partial charge in [0.15, 0.2) is 0 Å². The first-order valence-corrected chi connectivity index (χ1v) is 5.86. The molecule has 0 spiro atoms. The first-order chi connectivity index (χ1) is 8.19. The van der Waals surface area contributed by atoms with Crippen molar-refractivity contribution in [2.24, 2.45) is 5.73 Å². The standard InChI is InChI=1S/C13H11Cl2NO/c14-10-2-5-11(6-3-10)17-12-4-1-9(8-16)13(15)7-12/h1-7H,8,16H2. The van der Waals surface area contributed by atoms with Gasteiger partial charge in [0, 0.05) is 16.6 Å². The molecule has 4 heteroatoms. The predicted molar refractivity (Wildman–Crippen MR) is 70.9 cm³/mol. The molecule has 0 aliphatic carbocycles. The summed E-state index contributed by atoms with van der Waals surface area (Å²) in [4.78, 5) is 0. The van der Waals surface area contributed by atoms with Crippen molar-refractivity contribution >= 4 is 23.2 Å². The number of hydrogen-bond donors (Lipinski definition) is 1. The molecule has 0 unspecified atom stereocenters. The highest BCUT2D eigenvalue weighted by Gasteiger charge is 2.02. The van der Waals surface area contributed by atoms with Crippen LogP contribution in [0.3, 0.4) is 0 Å². The topological polar surface area (TPSA) is 35.2 Å². The zero-order valence-electron chi connectivity index (χ0n) is 8.99. The average Bonchev–Trinajstić information content (AvgIpc) is 2.32. The van der Waals surface area contributed by atoms with Crippen LogP contribution in [-0.4, -0.2) is 0 Å². The highest BCUT2D eigenvalue weighted by molar-refractivity contribution is 6.31. The number of rotatable bonds is 3. The second-order valence-corrected chi connectivity index (χ2v) is 4.36. The van der Waals surface area contributed by atoms with E-state index < -0.39 is 0 Å². The Morgan fingerprint density at radius 2 is 1.59 bits per heavy atom. The second kappa shape index (κ2) is 5.41. The molecular weight excluding hydrogens is 257 g/mol. The molecule has 2 aromatic carbocycles. The van der Waals surface area contributed by atoms with Crippen molar-refractivity contribution in [2.75, 3.05) is 0 Å². The quantitative estimate of drug-likeness (QED) is 0.903. The first kappa shape index (κ1) is 12.2. The molecule has 0 heterocycles. The van der Waals surface area contributed by atoms with E-state index in [9.17, 15) is 0 Å². The third-order valence-corrected chi connectivity index (χ3v) is 2.90. The number of nitrogens with two attached hydrogens (primary N) is 1. The van der Waals surface area contributed by atoms with E-state index in [4.69, 9.17) is 33.7 Å². The van der Waals surface area contributed by atoms with Gasteiger partial charge in [-0.25, -0.2) is 0 Å². The molecule has 0 fully saturated rings. The van der Waals surface area contributed by atoms with E-state index in [0.29, 0.717) is 28.1 Å². The Bertz CT molecular complexity index is 511. The molecule has 0 radical (unpaired) electrons. The Hall–Kier alpha value is -1.22. The van der Waals surface area contributed by atoms with Crippen LogP contribution in [0.25, 0.3) is 0 Å². The fourth-order valence-corrected chi connectivity index (χ4v) is 1.77. The van der Waals surface area contributed by atoms with E-state index in [2.05, 4.69) is 0 Å². The molecular formula is C13H11Cl2NO. The van der Waals surface area contributed by atoms with Gasteiger partial charge in [0.1, 0.15) is 11.5 Å². The van der Waals surface area contributed by atoms with Crippen molar-refractivity contribution in [3.05, 3.63) is 58.1 Å². The Kier molecular flexibility index (Phi) is 3.89.